The van der Waals surface area contributed by atoms with E-state index in [1.807, 2.05) is 0 Å². The zero-order valence-electron chi connectivity index (χ0n) is 13.8. The van der Waals surface area contributed by atoms with Gasteiger partial charge in [0, 0.05) is 6.92 Å². The monoisotopic (exact) mass is 366 g/mol. The molecule has 1 aromatic heterocycles. The summed E-state index contributed by atoms with van der Waals surface area (Å²) >= 11 is 0. The maximum Gasteiger partial charge on any atom is 0.381 e. The summed E-state index contributed by atoms with van der Waals surface area (Å²) in [6, 6.07) is 2.01. The van der Waals surface area contributed by atoms with Crippen LogP contribution >= 0.6 is 0 Å². The van der Waals surface area contributed by atoms with Crippen LogP contribution in [0, 0.1) is 22.9 Å². The van der Waals surface area contributed by atoms with E-state index >= 15 is 0 Å². The van der Waals surface area contributed by atoms with Crippen LogP contribution in [0.15, 0.2) is 24.4 Å². The Morgan fingerprint density at radius 2 is 2.19 bits per heavy atom. The van der Waals surface area contributed by atoms with Crippen molar-refractivity contribution in [2.75, 3.05) is 7.11 Å². The summed E-state index contributed by atoms with van der Waals surface area (Å²) in [5.74, 6) is -3.17. The predicted molar refractivity (Wildman–Crippen MR) is 85.1 cm³/mol. The number of nitrogens with zero attached hydrogens (tertiary/aromatic N) is 3. The lowest BCUT2D eigenvalue weighted by Gasteiger charge is -2.16. The van der Waals surface area contributed by atoms with E-state index in [9.17, 15) is 29.2 Å². The topological polar surface area (TPSA) is 137 Å². The minimum absolute atomic E-state index is 0.0116. The SMILES string of the molecule is COc1ccc(C(NC(=O)Cn2cc([N+](=O)[O-])nc2C)C(=O)O)cc1F. The van der Waals surface area contributed by atoms with Gasteiger partial charge in [0.15, 0.2) is 17.6 Å². The molecule has 138 valence electrons. The highest BCUT2D eigenvalue weighted by atomic mass is 19.1. The van der Waals surface area contributed by atoms with E-state index in [-0.39, 0.29) is 23.7 Å². The maximum atomic E-state index is 13.8. The lowest BCUT2D eigenvalue weighted by Crippen LogP contribution is -2.36. The molecule has 0 aliphatic carbocycles. The number of halogens is 1. The van der Waals surface area contributed by atoms with Crippen LogP contribution in [0.5, 0.6) is 5.75 Å². The Bertz CT molecular complexity index is 866. The number of aliphatic carboxylic acids is 1. The molecule has 1 heterocycles. The van der Waals surface area contributed by atoms with Crippen molar-refractivity contribution in [3.8, 4) is 5.75 Å². The first-order valence-electron chi connectivity index (χ1n) is 7.26. The normalized spacial score (nSPS) is 11.7. The number of benzene rings is 1. The Morgan fingerprint density at radius 1 is 1.50 bits per heavy atom. The van der Waals surface area contributed by atoms with Gasteiger partial charge in [-0.1, -0.05) is 6.07 Å². The van der Waals surface area contributed by atoms with Gasteiger partial charge in [-0.3, -0.25) is 9.36 Å². The van der Waals surface area contributed by atoms with Crippen molar-refractivity contribution in [3.63, 3.8) is 0 Å². The van der Waals surface area contributed by atoms with Gasteiger partial charge in [-0.25, -0.2) is 9.18 Å². The fourth-order valence-electron chi connectivity index (χ4n) is 2.25. The molecule has 1 atom stereocenters. The summed E-state index contributed by atoms with van der Waals surface area (Å²) in [4.78, 5) is 37.2. The number of hydrogen-bond acceptors (Lipinski definition) is 6. The van der Waals surface area contributed by atoms with Crippen molar-refractivity contribution in [2.45, 2.75) is 19.5 Å². The second kappa shape index (κ2) is 7.59. The van der Waals surface area contributed by atoms with E-state index in [1.165, 1.54) is 30.7 Å². The highest BCUT2D eigenvalue weighted by molar-refractivity contribution is 5.84. The molecular formula is C15H15FN4O6. The first-order chi connectivity index (χ1) is 12.2. The molecule has 11 heteroatoms. The predicted octanol–water partition coefficient (Wildman–Crippen LogP) is 1.19. The van der Waals surface area contributed by atoms with Crippen molar-refractivity contribution >= 4 is 17.7 Å². The number of carbonyl (C=O) groups is 2. The molecule has 2 N–H and O–H groups in total. The van der Waals surface area contributed by atoms with Crippen molar-refractivity contribution in [1.29, 1.82) is 0 Å². The van der Waals surface area contributed by atoms with Gasteiger partial charge in [0.2, 0.25) is 11.7 Å². The molecule has 0 bridgehead atoms. The number of rotatable bonds is 7. The molecule has 2 aromatic rings. The number of nitrogens with one attached hydrogen (secondary N) is 1. The number of hydrogen-bond donors (Lipinski definition) is 2. The average Bonchev–Trinajstić information content (AvgIpc) is 2.93. The quantitative estimate of drug-likeness (QED) is 0.555. The lowest BCUT2D eigenvalue weighted by molar-refractivity contribution is -0.389. The molecule has 2 rings (SSSR count). The molecule has 0 aliphatic rings. The van der Waals surface area contributed by atoms with Crippen LogP contribution in [0.3, 0.4) is 0 Å². The van der Waals surface area contributed by atoms with Gasteiger partial charge in [0.05, 0.1) is 7.11 Å². The van der Waals surface area contributed by atoms with Crippen LogP contribution in [-0.4, -0.2) is 38.6 Å². The lowest BCUT2D eigenvalue weighted by atomic mass is 10.1. The van der Waals surface area contributed by atoms with E-state index < -0.39 is 34.5 Å². The van der Waals surface area contributed by atoms with Crippen LogP contribution in [0.25, 0.3) is 0 Å². The molecule has 0 fully saturated rings. The third-order valence-electron chi connectivity index (χ3n) is 3.53. The average molecular weight is 366 g/mol. The number of ether oxygens (including phenoxy) is 1. The Balaban J connectivity index is 2.17. The molecule has 0 aliphatic heterocycles. The number of aryl methyl sites for hydroxylation is 1. The Morgan fingerprint density at radius 3 is 2.69 bits per heavy atom. The number of methoxy groups -OCH3 is 1. The number of carbonyl (C=O) groups excluding carboxylic acids is 1. The fraction of sp³-hybridized carbons (Fsp3) is 0.267. The van der Waals surface area contributed by atoms with Gasteiger partial charge in [-0.15, -0.1) is 0 Å². The smallest absolute Gasteiger partial charge is 0.381 e. The van der Waals surface area contributed by atoms with Crippen LogP contribution in [-0.2, 0) is 16.1 Å². The molecule has 0 spiro atoms. The molecule has 0 saturated carbocycles. The molecule has 26 heavy (non-hydrogen) atoms. The van der Waals surface area contributed by atoms with Crippen molar-refractivity contribution < 1.29 is 28.7 Å². The van der Waals surface area contributed by atoms with Crippen LogP contribution in [0.4, 0.5) is 10.2 Å². The summed E-state index contributed by atoms with van der Waals surface area (Å²) in [5.41, 5.74) is 0.0116. The Labute approximate surface area is 146 Å². The summed E-state index contributed by atoms with van der Waals surface area (Å²) in [6.45, 7) is 1.09. The highest BCUT2D eigenvalue weighted by Crippen LogP contribution is 2.22. The van der Waals surface area contributed by atoms with Crippen LogP contribution in [0.1, 0.15) is 17.4 Å². The van der Waals surface area contributed by atoms with E-state index in [4.69, 9.17) is 4.74 Å². The van der Waals surface area contributed by atoms with Gasteiger partial charge in [0.25, 0.3) is 0 Å². The number of carboxylic acid groups (broad SMARTS) is 1. The van der Waals surface area contributed by atoms with E-state index in [0.717, 1.165) is 12.3 Å². The van der Waals surface area contributed by atoms with Gasteiger partial charge >= 0.3 is 11.8 Å². The summed E-state index contributed by atoms with van der Waals surface area (Å²) in [7, 11) is 1.27. The van der Waals surface area contributed by atoms with E-state index in [1.54, 1.807) is 0 Å². The number of carboxylic acids is 1. The van der Waals surface area contributed by atoms with Crippen molar-refractivity contribution in [2.24, 2.45) is 0 Å². The summed E-state index contributed by atoms with van der Waals surface area (Å²) in [6.07, 6.45) is 1.07. The minimum atomic E-state index is -1.50. The molecular weight excluding hydrogens is 351 g/mol. The van der Waals surface area contributed by atoms with Crippen LogP contribution < -0.4 is 10.1 Å². The third-order valence-corrected chi connectivity index (χ3v) is 3.53. The molecule has 1 unspecified atom stereocenters. The van der Waals surface area contributed by atoms with Crippen LogP contribution in [0.2, 0.25) is 0 Å². The second-order valence-electron chi connectivity index (χ2n) is 5.26. The molecule has 0 saturated heterocycles. The summed E-state index contributed by atoms with van der Waals surface area (Å²) in [5, 5.41) is 22.3. The third kappa shape index (κ3) is 4.12. The standard InChI is InChI=1S/C15H15FN4O6/c1-8-17-12(20(24)25)6-19(8)7-13(21)18-14(15(22)23)9-3-4-11(26-2)10(16)5-9/h3-6,14H,7H2,1-2H3,(H,18,21)(H,22,23). The molecule has 0 radical (unpaired) electrons. The van der Waals surface area contributed by atoms with Gasteiger partial charge in [0.1, 0.15) is 12.7 Å². The Kier molecular flexibility index (Phi) is 5.50. The largest absolute Gasteiger partial charge is 0.494 e. The number of nitro groups is 1. The first-order valence-corrected chi connectivity index (χ1v) is 7.26. The Hall–Kier alpha value is -3.50. The minimum Gasteiger partial charge on any atom is -0.494 e. The highest BCUT2D eigenvalue weighted by Gasteiger charge is 2.24. The fourth-order valence-corrected chi connectivity index (χ4v) is 2.25. The van der Waals surface area contributed by atoms with Crippen molar-refractivity contribution in [1.82, 2.24) is 14.9 Å². The zero-order valence-corrected chi connectivity index (χ0v) is 13.8. The number of imidazole rings is 1. The molecule has 1 amide bonds. The van der Waals surface area contributed by atoms with E-state index in [2.05, 4.69) is 10.3 Å². The van der Waals surface area contributed by atoms with Gasteiger partial charge in [-0.2, -0.15) is 0 Å². The van der Waals surface area contributed by atoms with Crippen molar-refractivity contribution in [3.05, 3.63) is 51.7 Å². The summed E-state index contributed by atoms with van der Waals surface area (Å²) < 4.78 is 19.8. The molecule has 10 nitrogen and oxygen atoms in total. The van der Waals surface area contributed by atoms with Gasteiger partial charge < -0.3 is 25.3 Å². The number of amides is 1. The first kappa shape index (κ1) is 18.8. The number of aromatic nitrogens is 2. The second-order valence-corrected chi connectivity index (χ2v) is 5.26. The maximum absolute atomic E-state index is 13.8. The van der Waals surface area contributed by atoms with Gasteiger partial charge in [-0.05, 0) is 27.6 Å². The molecule has 1 aromatic carbocycles. The van der Waals surface area contributed by atoms with E-state index in [0.29, 0.717) is 0 Å². The zero-order chi connectivity index (χ0) is 19.4.